The molecule has 2 aromatic carbocycles. The summed E-state index contributed by atoms with van der Waals surface area (Å²) >= 11 is 5.47. The Morgan fingerprint density at radius 3 is 1.44 bits per heavy atom. The Bertz CT molecular complexity index is 1740. The molecule has 0 aliphatic heterocycles. The number of carbonyl (C=O) groups is 2. The van der Waals surface area contributed by atoms with E-state index >= 15 is 0 Å². The van der Waals surface area contributed by atoms with Gasteiger partial charge >= 0.3 is 0 Å². The summed E-state index contributed by atoms with van der Waals surface area (Å²) in [5, 5.41) is -1.09. The molecule has 252 valence electrons. The van der Waals surface area contributed by atoms with Crippen molar-refractivity contribution in [3.63, 3.8) is 0 Å². The fourth-order valence-corrected chi connectivity index (χ4v) is 10.3. The van der Waals surface area contributed by atoms with Crippen LogP contribution in [0.5, 0.6) is 0 Å². The molecule has 0 aromatic heterocycles. The number of carbonyl (C=O) groups excluding carboxylic acids is 2. The number of nitrogens with two attached hydrogens (primary N) is 2. The van der Waals surface area contributed by atoms with Crippen molar-refractivity contribution in [3.05, 3.63) is 46.5 Å². The topological polar surface area (TPSA) is 201 Å². The number of halogens is 1. The van der Waals surface area contributed by atoms with Crippen molar-refractivity contribution in [1.29, 1.82) is 0 Å². The Labute approximate surface area is 276 Å². The van der Waals surface area contributed by atoms with E-state index in [-0.39, 0.29) is 41.2 Å². The number of sulfone groups is 2. The van der Waals surface area contributed by atoms with Crippen LogP contribution in [0, 0.1) is 13.8 Å². The smallest absolute Gasteiger partial charge is 0.280 e. The van der Waals surface area contributed by atoms with Crippen LogP contribution < -0.4 is 11.5 Å². The lowest BCUT2D eigenvalue weighted by atomic mass is 10.1. The van der Waals surface area contributed by atoms with E-state index in [0.29, 0.717) is 17.5 Å². The lowest BCUT2D eigenvalue weighted by molar-refractivity contribution is 0.100. The quantitative estimate of drug-likeness (QED) is 0.182. The van der Waals surface area contributed by atoms with Gasteiger partial charge in [-0.2, -0.15) is 4.99 Å². The first-order valence-electron chi connectivity index (χ1n) is 13.9. The molecule has 0 saturated heterocycles. The molecule has 11 nitrogen and oxygen atoms in total. The SMILES string of the molecule is CCCC(C)S(=O)c1cc(C)c(C(=O)Cl)cc1S(C)(=O)=O.CCCC(C)S(=O)c1cc(C)c(C(=O)N=C(N)N)cc1S(C)(=O)=O. The number of hydrogen-bond acceptors (Lipinski definition) is 8. The van der Waals surface area contributed by atoms with Gasteiger partial charge in [0.2, 0.25) is 0 Å². The number of aryl methyl sites for hydroxylation is 2. The molecule has 1 amide bonds. The van der Waals surface area contributed by atoms with E-state index < -0.39 is 58.4 Å². The van der Waals surface area contributed by atoms with Crippen molar-refractivity contribution in [2.75, 3.05) is 12.5 Å². The number of nitrogens with zero attached hydrogens (tertiary/aromatic N) is 1. The van der Waals surface area contributed by atoms with Gasteiger partial charge in [0.15, 0.2) is 25.6 Å². The molecule has 0 heterocycles. The fourth-order valence-electron chi connectivity index (χ4n) is 4.30. The first-order valence-corrected chi connectivity index (χ1v) is 20.5. The van der Waals surface area contributed by atoms with Gasteiger partial charge in [-0.05, 0) is 73.7 Å². The van der Waals surface area contributed by atoms with E-state index in [1.165, 1.54) is 24.3 Å². The Balaban J connectivity index is 0.000000454. The van der Waals surface area contributed by atoms with Crippen LogP contribution in [-0.2, 0) is 41.3 Å². The lowest BCUT2D eigenvalue weighted by Crippen LogP contribution is -2.24. The van der Waals surface area contributed by atoms with Crippen LogP contribution >= 0.6 is 11.6 Å². The molecule has 4 atom stereocenters. The zero-order chi connectivity index (χ0) is 35.0. The lowest BCUT2D eigenvalue weighted by Gasteiger charge is -2.15. The molecular formula is C29H42ClN3O8S4. The zero-order valence-corrected chi connectivity index (χ0v) is 30.7. The maximum atomic E-state index is 12.7. The van der Waals surface area contributed by atoms with Crippen molar-refractivity contribution in [1.82, 2.24) is 0 Å². The second-order valence-electron chi connectivity index (χ2n) is 10.7. The number of hydrogen-bond donors (Lipinski definition) is 2. The average molecular weight is 724 g/mol. The summed E-state index contributed by atoms with van der Waals surface area (Å²) in [5.41, 5.74) is 11.6. The third-order valence-electron chi connectivity index (χ3n) is 6.61. The molecule has 16 heteroatoms. The second kappa shape index (κ2) is 16.9. The Morgan fingerprint density at radius 2 is 1.13 bits per heavy atom. The molecule has 2 rings (SSSR count). The standard InChI is InChI=1S/C15H23N3O4S2.C14H19ClO4S2/c1-5-6-10(3)23(20)12-7-9(2)11(14(19)18-15(16)17)8-13(12)24(4,21)22;1-5-6-10(3)20(17)12-7-9(2)11(14(15)16)8-13(12)21(4,18)19/h7-8,10H,5-6H2,1-4H3,(H4,16,17,18,19);7-8,10H,5-6H2,1-4H3. The molecule has 0 spiro atoms. The molecule has 0 aliphatic carbocycles. The van der Waals surface area contributed by atoms with E-state index in [4.69, 9.17) is 23.1 Å². The van der Waals surface area contributed by atoms with Crippen LogP contribution in [0.1, 0.15) is 85.2 Å². The molecule has 0 aliphatic rings. The van der Waals surface area contributed by atoms with Gasteiger partial charge in [-0.1, -0.05) is 40.5 Å². The van der Waals surface area contributed by atoms with E-state index in [2.05, 4.69) is 4.99 Å². The molecule has 4 N–H and O–H groups in total. The normalized spacial score (nSPS) is 14.3. The highest BCUT2D eigenvalue weighted by Gasteiger charge is 2.26. The van der Waals surface area contributed by atoms with Gasteiger partial charge in [0.05, 0.1) is 41.2 Å². The first kappa shape index (κ1) is 40.6. The zero-order valence-electron chi connectivity index (χ0n) is 26.7. The first-order chi connectivity index (χ1) is 20.6. The molecule has 0 radical (unpaired) electrons. The monoisotopic (exact) mass is 723 g/mol. The summed E-state index contributed by atoms with van der Waals surface area (Å²) in [6, 6.07) is 5.39. The molecule has 0 saturated carbocycles. The molecule has 45 heavy (non-hydrogen) atoms. The van der Waals surface area contributed by atoms with Gasteiger partial charge in [0, 0.05) is 34.1 Å². The Hall–Kier alpha value is -2.46. The van der Waals surface area contributed by atoms with Gasteiger partial charge in [0.1, 0.15) is 0 Å². The summed E-state index contributed by atoms with van der Waals surface area (Å²) in [6.45, 7) is 10.8. The average Bonchev–Trinajstić information content (AvgIpc) is 2.90. The highest BCUT2D eigenvalue weighted by Crippen LogP contribution is 2.29. The maximum Gasteiger partial charge on any atom is 0.280 e. The molecule has 0 fully saturated rings. The Morgan fingerprint density at radius 1 is 0.778 bits per heavy atom. The third-order valence-corrected chi connectivity index (χ3v) is 12.8. The number of guanidine groups is 1. The predicted octanol–water partition coefficient (Wildman–Crippen LogP) is 4.18. The van der Waals surface area contributed by atoms with Crippen molar-refractivity contribution < 1.29 is 34.8 Å². The van der Waals surface area contributed by atoms with Gasteiger partial charge in [0.25, 0.3) is 11.1 Å². The summed E-state index contributed by atoms with van der Waals surface area (Å²) in [6.07, 6.45) is 5.16. The minimum Gasteiger partial charge on any atom is -0.370 e. The van der Waals surface area contributed by atoms with Crippen LogP contribution in [0.3, 0.4) is 0 Å². The van der Waals surface area contributed by atoms with Crippen molar-refractivity contribution in [3.8, 4) is 0 Å². The molecular weight excluding hydrogens is 682 g/mol. The van der Waals surface area contributed by atoms with Gasteiger partial charge in [-0.25, -0.2) is 16.8 Å². The van der Waals surface area contributed by atoms with Crippen LogP contribution in [0.4, 0.5) is 0 Å². The number of rotatable bonds is 12. The number of aliphatic imine (C=N–C) groups is 1. The van der Waals surface area contributed by atoms with Gasteiger partial charge in [-0.15, -0.1) is 0 Å². The summed E-state index contributed by atoms with van der Waals surface area (Å²) in [4.78, 5) is 27.1. The van der Waals surface area contributed by atoms with Crippen LogP contribution in [-0.4, -0.2) is 65.4 Å². The van der Waals surface area contributed by atoms with Crippen molar-refractivity contribution in [2.45, 2.75) is 97.3 Å². The molecule has 4 unspecified atom stereocenters. The molecule has 2 aromatic rings. The van der Waals surface area contributed by atoms with E-state index in [0.717, 1.165) is 31.8 Å². The van der Waals surface area contributed by atoms with Crippen LogP contribution in [0.15, 0.2) is 48.8 Å². The summed E-state index contributed by atoms with van der Waals surface area (Å²) in [7, 11) is -10.2. The fraction of sp³-hybridized carbons (Fsp3) is 0.483. The summed E-state index contributed by atoms with van der Waals surface area (Å²) < 4.78 is 73.4. The maximum absolute atomic E-state index is 12.7. The summed E-state index contributed by atoms with van der Waals surface area (Å²) in [5.74, 6) is -1.15. The van der Waals surface area contributed by atoms with E-state index in [9.17, 15) is 34.8 Å². The van der Waals surface area contributed by atoms with E-state index in [1.54, 1.807) is 20.8 Å². The van der Waals surface area contributed by atoms with E-state index in [1.807, 2.05) is 20.8 Å². The minimum atomic E-state index is -3.68. The van der Waals surface area contributed by atoms with Crippen LogP contribution in [0.25, 0.3) is 0 Å². The highest BCUT2D eigenvalue weighted by molar-refractivity contribution is 7.92. The second-order valence-corrected chi connectivity index (χ2v) is 18.7. The predicted molar refractivity (Wildman–Crippen MR) is 180 cm³/mol. The minimum absolute atomic E-state index is 0.0627. The highest BCUT2D eigenvalue weighted by atomic mass is 35.5. The third kappa shape index (κ3) is 11.4. The van der Waals surface area contributed by atoms with Gasteiger partial charge in [-0.3, -0.25) is 18.0 Å². The van der Waals surface area contributed by atoms with Crippen LogP contribution in [0.2, 0.25) is 0 Å². The van der Waals surface area contributed by atoms with Gasteiger partial charge < -0.3 is 11.5 Å². The molecule has 0 bridgehead atoms. The Kier molecular flexibility index (Phi) is 15.2. The largest absolute Gasteiger partial charge is 0.370 e. The van der Waals surface area contributed by atoms with Crippen molar-refractivity contribution >= 4 is 70.0 Å². The number of benzene rings is 2. The number of amides is 1. The van der Waals surface area contributed by atoms with Crippen molar-refractivity contribution in [2.24, 2.45) is 16.5 Å².